The molecule has 0 bridgehead atoms. The first-order valence-corrected chi connectivity index (χ1v) is 8.15. The first kappa shape index (κ1) is 15.6. The van der Waals surface area contributed by atoms with E-state index < -0.39 is 11.6 Å². The lowest BCUT2D eigenvalue weighted by Crippen LogP contribution is -2.47. The van der Waals surface area contributed by atoms with Crippen LogP contribution in [0.15, 0.2) is 29.9 Å². The SMILES string of the molecule is C[C@H](NC(=O)c1c[nH]c2ncc(-c3cccs3)nc12)C(C)(C)O. The summed E-state index contributed by atoms with van der Waals surface area (Å²) in [5, 5.41) is 14.7. The van der Waals surface area contributed by atoms with E-state index in [9.17, 15) is 9.90 Å². The van der Waals surface area contributed by atoms with Crippen molar-refractivity contribution in [3.05, 3.63) is 35.5 Å². The molecule has 0 fully saturated rings. The Bertz CT molecular complexity index is 834. The molecule has 23 heavy (non-hydrogen) atoms. The number of aliphatic hydroxyl groups is 1. The van der Waals surface area contributed by atoms with Crippen molar-refractivity contribution < 1.29 is 9.90 Å². The number of carbonyl (C=O) groups is 1. The molecule has 0 aromatic carbocycles. The number of aromatic nitrogens is 3. The van der Waals surface area contributed by atoms with Gasteiger partial charge in [-0.3, -0.25) is 4.79 Å². The van der Waals surface area contributed by atoms with Gasteiger partial charge in [0, 0.05) is 6.20 Å². The largest absolute Gasteiger partial charge is 0.388 e. The van der Waals surface area contributed by atoms with Gasteiger partial charge in [0.15, 0.2) is 5.65 Å². The van der Waals surface area contributed by atoms with E-state index in [0.29, 0.717) is 16.7 Å². The van der Waals surface area contributed by atoms with Crippen LogP contribution in [0.1, 0.15) is 31.1 Å². The van der Waals surface area contributed by atoms with Crippen LogP contribution in [0.25, 0.3) is 21.7 Å². The third-order valence-corrected chi connectivity index (χ3v) is 4.70. The van der Waals surface area contributed by atoms with Crippen LogP contribution in [0.2, 0.25) is 0 Å². The fraction of sp³-hybridized carbons (Fsp3) is 0.312. The lowest BCUT2D eigenvalue weighted by atomic mass is 10.0. The highest BCUT2D eigenvalue weighted by Gasteiger charge is 2.25. The zero-order valence-electron chi connectivity index (χ0n) is 13.1. The van der Waals surface area contributed by atoms with Gasteiger partial charge in [-0.15, -0.1) is 11.3 Å². The number of H-pyrrole nitrogens is 1. The third kappa shape index (κ3) is 3.11. The first-order chi connectivity index (χ1) is 10.9. The van der Waals surface area contributed by atoms with Crippen LogP contribution in [0.4, 0.5) is 0 Å². The monoisotopic (exact) mass is 330 g/mol. The minimum absolute atomic E-state index is 0.288. The van der Waals surface area contributed by atoms with Crippen molar-refractivity contribution in [3.63, 3.8) is 0 Å². The quantitative estimate of drug-likeness (QED) is 0.686. The van der Waals surface area contributed by atoms with Gasteiger partial charge in [-0.2, -0.15) is 0 Å². The van der Waals surface area contributed by atoms with Crippen molar-refractivity contribution in [3.8, 4) is 10.6 Å². The van der Waals surface area contributed by atoms with Crippen LogP contribution in [0.3, 0.4) is 0 Å². The molecular weight excluding hydrogens is 312 g/mol. The number of hydrogen-bond acceptors (Lipinski definition) is 5. The molecule has 0 saturated carbocycles. The van der Waals surface area contributed by atoms with Crippen molar-refractivity contribution in [2.75, 3.05) is 0 Å². The summed E-state index contributed by atoms with van der Waals surface area (Å²) in [7, 11) is 0. The Labute approximate surface area is 137 Å². The number of nitrogens with zero attached hydrogens (tertiary/aromatic N) is 2. The number of hydrogen-bond donors (Lipinski definition) is 3. The van der Waals surface area contributed by atoms with Crippen molar-refractivity contribution in [2.45, 2.75) is 32.4 Å². The van der Waals surface area contributed by atoms with Gasteiger partial charge in [-0.05, 0) is 32.2 Å². The van der Waals surface area contributed by atoms with Gasteiger partial charge >= 0.3 is 0 Å². The highest BCUT2D eigenvalue weighted by atomic mass is 32.1. The Kier molecular flexibility index (Phi) is 3.91. The number of amides is 1. The van der Waals surface area contributed by atoms with Gasteiger partial charge in [0.25, 0.3) is 5.91 Å². The summed E-state index contributed by atoms with van der Waals surface area (Å²) in [6.07, 6.45) is 3.28. The Morgan fingerprint density at radius 1 is 1.48 bits per heavy atom. The summed E-state index contributed by atoms with van der Waals surface area (Å²) in [6.45, 7) is 5.07. The van der Waals surface area contributed by atoms with E-state index in [0.717, 1.165) is 10.6 Å². The van der Waals surface area contributed by atoms with Crippen molar-refractivity contribution >= 4 is 28.4 Å². The van der Waals surface area contributed by atoms with Gasteiger partial charge in [0.05, 0.1) is 34.0 Å². The van der Waals surface area contributed by atoms with E-state index in [-0.39, 0.29) is 5.91 Å². The van der Waals surface area contributed by atoms with Gasteiger partial charge in [-0.25, -0.2) is 9.97 Å². The van der Waals surface area contributed by atoms with Gasteiger partial charge in [0.1, 0.15) is 5.52 Å². The fourth-order valence-electron chi connectivity index (χ4n) is 2.06. The second kappa shape index (κ2) is 5.75. The summed E-state index contributed by atoms with van der Waals surface area (Å²) in [5.74, 6) is -0.288. The molecule has 1 amide bonds. The minimum Gasteiger partial charge on any atom is -0.388 e. The van der Waals surface area contributed by atoms with Crippen LogP contribution in [-0.2, 0) is 0 Å². The molecule has 0 saturated heterocycles. The van der Waals surface area contributed by atoms with Gasteiger partial charge in [0.2, 0.25) is 0 Å². The molecule has 6 nitrogen and oxygen atoms in total. The predicted molar refractivity (Wildman–Crippen MR) is 90.4 cm³/mol. The first-order valence-electron chi connectivity index (χ1n) is 7.27. The van der Waals surface area contributed by atoms with Crippen molar-refractivity contribution in [1.29, 1.82) is 0 Å². The molecule has 7 heteroatoms. The molecule has 3 aromatic heterocycles. The molecular formula is C16H18N4O2S. The number of thiophene rings is 1. The Morgan fingerprint density at radius 3 is 2.91 bits per heavy atom. The molecule has 3 N–H and O–H groups in total. The van der Waals surface area contributed by atoms with E-state index in [1.54, 1.807) is 44.5 Å². The molecule has 0 aliphatic rings. The van der Waals surface area contributed by atoms with Gasteiger partial charge < -0.3 is 15.4 Å². The van der Waals surface area contributed by atoms with Crippen molar-refractivity contribution in [2.24, 2.45) is 0 Å². The second-order valence-corrected chi connectivity index (χ2v) is 6.93. The normalized spacial score (nSPS) is 13.2. The summed E-state index contributed by atoms with van der Waals surface area (Å²) in [4.78, 5) is 25.3. The van der Waals surface area contributed by atoms with Crippen LogP contribution < -0.4 is 5.32 Å². The Balaban J connectivity index is 1.95. The number of carbonyl (C=O) groups excluding carboxylic acids is 1. The molecule has 3 heterocycles. The number of aromatic amines is 1. The summed E-state index contributed by atoms with van der Waals surface area (Å²) in [6, 6.07) is 3.51. The average molecular weight is 330 g/mol. The highest BCUT2D eigenvalue weighted by Crippen LogP contribution is 2.24. The summed E-state index contributed by atoms with van der Waals surface area (Å²) >= 11 is 1.57. The van der Waals surface area contributed by atoms with Crippen molar-refractivity contribution in [1.82, 2.24) is 20.3 Å². The molecule has 1 atom stereocenters. The lowest BCUT2D eigenvalue weighted by molar-refractivity contribution is 0.0409. The Hall–Kier alpha value is -2.25. The fourth-order valence-corrected chi connectivity index (χ4v) is 2.74. The topological polar surface area (TPSA) is 90.9 Å². The van der Waals surface area contributed by atoms with E-state index >= 15 is 0 Å². The average Bonchev–Trinajstić information content (AvgIpc) is 3.15. The predicted octanol–water partition coefficient (Wildman–Crippen LogP) is 2.58. The maximum atomic E-state index is 12.5. The standard InChI is InChI=1S/C16H18N4O2S/c1-9(16(2,3)22)19-15(21)10-7-17-14-13(10)20-11(8-18-14)12-5-4-6-23-12/h4-9,22H,1-3H3,(H,17,18)(H,19,21)/t9-/m0/s1. The highest BCUT2D eigenvalue weighted by molar-refractivity contribution is 7.13. The maximum Gasteiger partial charge on any atom is 0.255 e. The van der Waals surface area contributed by atoms with Crippen LogP contribution in [-0.4, -0.2) is 37.6 Å². The van der Waals surface area contributed by atoms with Crippen LogP contribution in [0.5, 0.6) is 0 Å². The van der Waals surface area contributed by atoms with E-state index in [1.165, 1.54) is 0 Å². The molecule has 3 aromatic rings. The number of nitrogens with one attached hydrogen (secondary N) is 2. The number of fused-ring (bicyclic) bond motifs is 1. The summed E-state index contributed by atoms with van der Waals surface area (Å²) in [5.41, 5.74) is 1.23. The molecule has 0 spiro atoms. The zero-order chi connectivity index (χ0) is 16.6. The second-order valence-electron chi connectivity index (χ2n) is 5.98. The van der Waals surface area contributed by atoms with E-state index in [4.69, 9.17) is 0 Å². The smallest absolute Gasteiger partial charge is 0.255 e. The minimum atomic E-state index is -1.00. The lowest BCUT2D eigenvalue weighted by Gasteiger charge is -2.26. The third-order valence-electron chi connectivity index (χ3n) is 3.81. The molecule has 0 aliphatic heterocycles. The molecule has 0 radical (unpaired) electrons. The summed E-state index contributed by atoms with van der Waals surface area (Å²) < 4.78 is 0. The molecule has 3 rings (SSSR count). The van der Waals surface area contributed by atoms with Gasteiger partial charge in [-0.1, -0.05) is 6.07 Å². The molecule has 120 valence electrons. The zero-order valence-corrected chi connectivity index (χ0v) is 13.9. The molecule has 0 unspecified atom stereocenters. The van der Waals surface area contributed by atoms with E-state index in [1.807, 2.05) is 17.5 Å². The van der Waals surface area contributed by atoms with Crippen LogP contribution in [0, 0.1) is 0 Å². The van der Waals surface area contributed by atoms with Crippen LogP contribution >= 0.6 is 11.3 Å². The number of rotatable bonds is 4. The Morgan fingerprint density at radius 2 is 2.26 bits per heavy atom. The van der Waals surface area contributed by atoms with E-state index in [2.05, 4.69) is 20.3 Å². The molecule has 0 aliphatic carbocycles. The maximum absolute atomic E-state index is 12.5.